The molecule has 1 aliphatic heterocycles. The van der Waals surface area contributed by atoms with Gasteiger partial charge < -0.3 is 15.5 Å². The van der Waals surface area contributed by atoms with E-state index in [4.69, 9.17) is 0 Å². The Kier molecular flexibility index (Phi) is 4.30. The van der Waals surface area contributed by atoms with Crippen molar-refractivity contribution < 1.29 is 4.79 Å². The van der Waals surface area contributed by atoms with E-state index < -0.39 is 0 Å². The first-order chi connectivity index (χ1) is 9.13. The minimum absolute atomic E-state index is 0.115. The quantitative estimate of drug-likeness (QED) is 0.875. The second-order valence-corrected chi connectivity index (χ2v) is 5.32. The number of fused-ring (bicyclic) bond motifs is 1. The van der Waals surface area contributed by atoms with Crippen molar-refractivity contribution in [2.45, 2.75) is 20.8 Å². The van der Waals surface area contributed by atoms with Gasteiger partial charge in [-0.1, -0.05) is 19.9 Å². The van der Waals surface area contributed by atoms with Gasteiger partial charge in [-0.25, -0.2) is 0 Å². The monoisotopic (exact) mass is 261 g/mol. The van der Waals surface area contributed by atoms with Crippen LogP contribution in [0.5, 0.6) is 0 Å². The van der Waals surface area contributed by atoms with Crippen molar-refractivity contribution in [1.82, 2.24) is 4.90 Å². The van der Waals surface area contributed by atoms with Crippen LogP contribution in [0.25, 0.3) is 0 Å². The van der Waals surface area contributed by atoms with Crippen LogP contribution in [0, 0.1) is 5.92 Å². The minimum Gasteiger partial charge on any atom is -0.382 e. The van der Waals surface area contributed by atoms with Crippen molar-refractivity contribution in [3.8, 4) is 0 Å². The van der Waals surface area contributed by atoms with Crippen LogP contribution < -0.4 is 10.6 Å². The first kappa shape index (κ1) is 13.7. The number of benzene rings is 1. The van der Waals surface area contributed by atoms with Gasteiger partial charge >= 0.3 is 0 Å². The Morgan fingerprint density at radius 2 is 2.05 bits per heavy atom. The summed E-state index contributed by atoms with van der Waals surface area (Å²) < 4.78 is 0. The fraction of sp³-hybridized carbons (Fsp3) is 0.533. The van der Waals surface area contributed by atoms with Crippen molar-refractivity contribution in [3.05, 3.63) is 23.8 Å². The highest BCUT2D eigenvalue weighted by Gasteiger charge is 2.21. The van der Waals surface area contributed by atoms with E-state index in [-0.39, 0.29) is 5.91 Å². The number of anilines is 2. The highest BCUT2D eigenvalue weighted by molar-refractivity contribution is 6.02. The maximum Gasteiger partial charge on any atom is 0.256 e. The first-order valence-corrected chi connectivity index (χ1v) is 7.03. The van der Waals surface area contributed by atoms with E-state index in [0.29, 0.717) is 5.92 Å². The molecule has 19 heavy (non-hydrogen) atoms. The van der Waals surface area contributed by atoms with E-state index in [9.17, 15) is 4.79 Å². The number of amides is 1. The lowest BCUT2D eigenvalue weighted by atomic mass is 10.1. The third kappa shape index (κ3) is 3.00. The van der Waals surface area contributed by atoms with Gasteiger partial charge in [-0.3, -0.25) is 4.79 Å². The highest BCUT2D eigenvalue weighted by atomic mass is 16.2. The predicted molar refractivity (Wildman–Crippen MR) is 79.8 cm³/mol. The van der Waals surface area contributed by atoms with Crippen molar-refractivity contribution >= 4 is 17.3 Å². The molecule has 0 saturated heterocycles. The van der Waals surface area contributed by atoms with E-state index in [1.807, 2.05) is 30.0 Å². The molecule has 1 aromatic rings. The largest absolute Gasteiger partial charge is 0.382 e. The molecule has 104 valence electrons. The fourth-order valence-electron chi connectivity index (χ4n) is 2.42. The molecule has 0 unspecified atom stereocenters. The van der Waals surface area contributed by atoms with Crippen LogP contribution in [0.1, 0.15) is 31.1 Å². The normalized spacial score (nSPS) is 13.5. The van der Waals surface area contributed by atoms with Gasteiger partial charge in [-0.2, -0.15) is 0 Å². The van der Waals surface area contributed by atoms with Crippen LogP contribution >= 0.6 is 0 Å². The fourth-order valence-corrected chi connectivity index (χ4v) is 2.42. The third-order valence-electron chi connectivity index (χ3n) is 3.29. The maximum atomic E-state index is 12.6. The lowest BCUT2D eigenvalue weighted by molar-refractivity contribution is 0.0746. The van der Waals surface area contributed by atoms with Gasteiger partial charge in [0.2, 0.25) is 0 Å². The van der Waals surface area contributed by atoms with Gasteiger partial charge in [0.1, 0.15) is 0 Å². The zero-order valence-electron chi connectivity index (χ0n) is 12.0. The number of carbonyl (C=O) groups is 1. The van der Waals surface area contributed by atoms with Gasteiger partial charge in [0, 0.05) is 26.2 Å². The van der Waals surface area contributed by atoms with Crippen LogP contribution in [0.15, 0.2) is 18.2 Å². The van der Waals surface area contributed by atoms with E-state index in [0.717, 1.165) is 43.1 Å². The summed E-state index contributed by atoms with van der Waals surface area (Å²) in [5.41, 5.74) is 2.74. The predicted octanol–water partition coefficient (Wildman–Crippen LogP) is 2.64. The molecule has 4 nitrogen and oxygen atoms in total. The molecule has 0 radical (unpaired) electrons. The topological polar surface area (TPSA) is 44.4 Å². The molecule has 0 saturated carbocycles. The minimum atomic E-state index is 0.115. The summed E-state index contributed by atoms with van der Waals surface area (Å²) in [6.45, 7) is 9.59. The summed E-state index contributed by atoms with van der Waals surface area (Å²) in [6.07, 6.45) is 0. The van der Waals surface area contributed by atoms with Gasteiger partial charge in [0.15, 0.2) is 0 Å². The summed E-state index contributed by atoms with van der Waals surface area (Å²) in [5, 5.41) is 6.66. The summed E-state index contributed by atoms with van der Waals surface area (Å²) in [5.74, 6) is 0.596. The summed E-state index contributed by atoms with van der Waals surface area (Å²) in [6, 6.07) is 5.86. The van der Waals surface area contributed by atoms with Gasteiger partial charge in [0.25, 0.3) is 5.91 Å². The standard InChI is InChI=1S/C15H23N3O/c1-4-18(10-11(2)3)15(19)12-6-5-7-13-14(12)17-9-8-16-13/h5-7,11,16-17H,4,8-10H2,1-3H3. The lowest BCUT2D eigenvalue weighted by Gasteiger charge is -2.27. The summed E-state index contributed by atoms with van der Waals surface area (Å²) >= 11 is 0. The first-order valence-electron chi connectivity index (χ1n) is 7.03. The molecule has 1 aromatic carbocycles. The zero-order chi connectivity index (χ0) is 13.8. The molecule has 2 N–H and O–H groups in total. The zero-order valence-corrected chi connectivity index (χ0v) is 12.0. The van der Waals surface area contributed by atoms with Crippen molar-refractivity contribution in [2.75, 3.05) is 36.8 Å². The second-order valence-electron chi connectivity index (χ2n) is 5.32. The van der Waals surface area contributed by atoms with Crippen LogP contribution in [0.4, 0.5) is 11.4 Å². The van der Waals surface area contributed by atoms with Crippen LogP contribution in [0.3, 0.4) is 0 Å². The highest BCUT2D eigenvalue weighted by Crippen LogP contribution is 2.29. The average Bonchev–Trinajstić information content (AvgIpc) is 2.43. The molecule has 2 rings (SSSR count). The molecule has 1 amide bonds. The molecule has 0 spiro atoms. The third-order valence-corrected chi connectivity index (χ3v) is 3.29. The molecule has 0 atom stereocenters. The molecule has 0 aromatic heterocycles. The van der Waals surface area contributed by atoms with Crippen molar-refractivity contribution in [3.63, 3.8) is 0 Å². The number of nitrogens with zero attached hydrogens (tertiary/aromatic N) is 1. The van der Waals surface area contributed by atoms with Crippen LogP contribution in [-0.4, -0.2) is 37.0 Å². The second kappa shape index (κ2) is 5.95. The number of rotatable bonds is 4. The maximum absolute atomic E-state index is 12.6. The molecule has 4 heteroatoms. The van der Waals surface area contributed by atoms with E-state index in [1.54, 1.807) is 0 Å². The number of hydrogen-bond donors (Lipinski definition) is 2. The Labute approximate surface area is 115 Å². The lowest BCUT2D eigenvalue weighted by Crippen LogP contribution is -2.35. The number of hydrogen-bond acceptors (Lipinski definition) is 3. The van der Waals surface area contributed by atoms with Crippen molar-refractivity contribution in [1.29, 1.82) is 0 Å². The molecular formula is C15H23N3O. The van der Waals surface area contributed by atoms with Gasteiger partial charge in [-0.15, -0.1) is 0 Å². The Bertz CT molecular complexity index is 457. The number of para-hydroxylation sites is 1. The van der Waals surface area contributed by atoms with Crippen molar-refractivity contribution in [2.24, 2.45) is 5.92 Å². The summed E-state index contributed by atoms with van der Waals surface area (Å²) in [4.78, 5) is 14.6. The molecule has 0 aliphatic carbocycles. The SMILES string of the molecule is CCN(CC(C)C)C(=O)c1cccc2c1NCCN2. The van der Waals surface area contributed by atoms with E-state index in [1.165, 1.54) is 0 Å². The average molecular weight is 261 g/mol. The van der Waals surface area contributed by atoms with Gasteiger partial charge in [-0.05, 0) is 25.0 Å². The molecule has 1 aliphatic rings. The summed E-state index contributed by atoms with van der Waals surface area (Å²) in [7, 11) is 0. The molecule has 0 fully saturated rings. The number of nitrogens with one attached hydrogen (secondary N) is 2. The van der Waals surface area contributed by atoms with E-state index >= 15 is 0 Å². The molecule has 1 heterocycles. The van der Waals surface area contributed by atoms with Crippen LogP contribution in [0.2, 0.25) is 0 Å². The number of carbonyl (C=O) groups excluding carboxylic acids is 1. The Morgan fingerprint density at radius 3 is 2.74 bits per heavy atom. The van der Waals surface area contributed by atoms with Gasteiger partial charge in [0.05, 0.1) is 16.9 Å². The Morgan fingerprint density at radius 1 is 1.32 bits per heavy atom. The van der Waals surface area contributed by atoms with Crippen LogP contribution in [-0.2, 0) is 0 Å². The molecular weight excluding hydrogens is 238 g/mol. The molecule has 0 bridgehead atoms. The smallest absolute Gasteiger partial charge is 0.256 e. The Balaban J connectivity index is 2.27. The Hall–Kier alpha value is -1.71. The van der Waals surface area contributed by atoms with E-state index in [2.05, 4.69) is 24.5 Å².